The Morgan fingerprint density at radius 1 is 0.571 bits per heavy atom. The first-order chi connectivity index (χ1) is 17.1. The molecule has 0 aliphatic heterocycles. The number of benzene rings is 2. The van der Waals surface area contributed by atoms with E-state index in [1.54, 1.807) is 0 Å². The highest BCUT2D eigenvalue weighted by Gasteiger charge is 2.16. The number of hydrogen-bond donors (Lipinski definition) is 2. The molecule has 0 unspecified atom stereocenters. The zero-order valence-electron chi connectivity index (χ0n) is 21.2. The van der Waals surface area contributed by atoms with E-state index in [2.05, 4.69) is 34.9 Å². The van der Waals surface area contributed by atoms with Crippen molar-refractivity contribution in [2.24, 2.45) is 11.8 Å². The van der Waals surface area contributed by atoms with Crippen LogP contribution in [0.15, 0.2) is 48.5 Å². The van der Waals surface area contributed by atoms with Crippen molar-refractivity contribution in [1.29, 1.82) is 0 Å². The van der Waals surface area contributed by atoms with Crippen molar-refractivity contribution in [2.45, 2.75) is 96.3 Å². The highest BCUT2D eigenvalue weighted by atomic mass is 16.2. The second-order valence-electron chi connectivity index (χ2n) is 10.8. The number of rotatable bonds is 10. The molecule has 2 aliphatic rings. The molecule has 0 radical (unpaired) electrons. The first-order valence-corrected chi connectivity index (χ1v) is 13.9. The van der Waals surface area contributed by atoms with Gasteiger partial charge >= 0.3 is 0 Å². The van der Waals surface area contributed by atoms with Crippen molar-refractivity contribution >= 4 is 23.2 Å². The van der Waals surface area contributed by atoms with Gasteiger partial charge in [-0.1, -0.05) is 88.5 Å². The number of hydrogen-bond acceptors (Lipinski definition) is 2. The lowest BCUT2D eigenvalue weighted by atomic mass is 9.86. The molecule has 2 saturated carbocycles. The summed E-state index contributed by atoms with van der Waals surface area (Å²) in [6.07, 6.45) is 17.3. The van der Waals surface area contributed by atoms with Crippen LogP contribution in [0.1, 0.15) is 101 Å². The van der Waals surface area contributed by atoms with Crippen molar-refractivity contribution in [3.8, 4) is 0 Å². The quantitative estimate of drug-likeness (QED) is 0.368. The Labute approximate surface area is 211 Å². The molecule has 2 fully saturated rings. The fourth-order valence-electron chi connectivity index (χ4n) is 5.72. The number of anilines is 2. The van der Waals surface area contributed by atoms with Crippen molar-refractivity contribution in [1.82, 2.24) is 0 Å². The third kappa shape index (κ3) is 8.83. The van der Waals surface area contributed by atoms with Gasteiger partial charge in [-0.2, -0.15) is 0 Å². The van der Waals surface area contributed by atoms with Crippen molar-refractivity contribution in [3.63, 3.8) is 0 Å². The maximum Gasteiger partial charge on any atom is 0.224 e. The number of carbonyl (C=O) groups is 2. The molecule has 0 spiro atoms. The smallest absolute Gasteiger partial charge is 0.224 e. The molecule has 0 atom stereocenters. The van der Waals surface area contributed by atoms with E-state index >= 15 is 0 Å². The van der Waals surface area contributed by atoms with Crippen LogP contribution >= 0.6 is 0 Å². The van der Waals surface area contributed by atoms with Gasteiger partial charge in [0.1, 0.15) is 0 Å². The van der Waals surface area contributed by atoms with Crippen molar-refractivity contribution in [3.05, 3.63) is 59.7 Å². The predicted octanol–water partition coefficient (Wildman–Crippen LogP) is 7.88. The van der Waals surface area contributed by atoms with Gasteiger partial charge in [-0.25, -0.2) is 0 Å². The van der Waals surface area contributed by atoms with Crippen LogP contribution in [-0.2, 0) is 16.0 Å². The molecule has 2 aromatic carbocycles. The summed E-state index contributed by atoms with van der Waals surface area (Å²) in [6.45, 7) is 0. The summed E-state index contributed by atoms with van der Waals surface area (Å²) in [5.41, 5.74) is 4.14. The van der Waals surface area contributed by atoms with Gasteiger partial charge in [-0.05, 0) is 66.5 Å². The molecular formula is C31H42N2O2. The fraction of sp³-hybridized carbons (Fsp3) is 0.548. The first kappa shape index (κ1) is 25.5. The number of amides is 2. The monoisotopic (exact) mass is 474 g/mol. The Balaban J connectivity index is 1.17. The van der Waals surface area contributed by atoms with Gasteiger partial charge in [0.25, 0.3) is 0 Å². The average Bonchev–Trinajstić information content (AvgIpc) is 2.90. The van der Waals surface area contributed by atoms with E-state index in [1.165, 1.54) is 75.3 Å². The topological polar surface area (TPSA) is 58.2 Å². The summed E-state index contributed by atoms with van der Waals surface area (Å²) in [5, 5.41) is 6.10. The average molecular weight is 475 g/mol. The molecule has 0 aromatic heterocycles. The molecule has 2 amide bonds. The van der Waals surface area contributed by atoms with E-state index in [0.717, 1.165) is 42.5 Å². The molecule has 0 heterocycles. The zero-order valence-corrected chi connectivity index (χ0v) is 21.2. The van der Waals surface area contributed by atoms with Gasteiger partial charge in [0.15, 0.2) is 0 Å². The molecule has 2 aliphatic carbocycles. The minimum Gasteiger partial charge on any atom is -0.326 e. The molecule has 4 heteroatoms. The Hall–Kier alpha value is -2.62. The van der Waals surface area contributed by atoms with Crippen LogP contribution in [0.25, 0.3) is 0 Å². The van der Waals surface area contributed by atoms with E-state index < -0.39 is 0 Å². The first-order valence-electron chi connectivity index (χ1n) is 13.9. The molecule has 0 bridgehead atoms. The van der Waals surface area contributed by atoms with Crippen LogP contribution in [0.2, 0.25) is 0 Å². The number of nitrogens with one attached hydrogen (secondary N) is 2. The van der Waals surface area contributed by atoms with Gasteiger partial charge in [-0.15, -0.1) is 0 Å². The van der Waals surface area contributed by atoms with E-state index in [0.29, 0.717) is 12.8 Å². The van der Waals surface area contributed by atoms with Gasteiger partial charge in [0.05, 0.1) is 0 Å². The normalized spacial score (nSPS) is 17.1. The van der Waals surface area contributed by atoms with Gasteiger partial charge < -0.3 is 10.6 Å². The molecule has 188 valence electrons. The Morgan fingerprint density at radius 3 is 1.31 bits per heavy atom. The van der Waals surface area contributed by atoms with Crippen molar-refractivity contribution < 1.29 is 9.59 Å². The van der Waals surface area contributed by atoms with E-state index in [1.807, 2.05) is 24.3 Å². The van der Waals surface area contributed by atoms with E-state index in [-0.39, 0.29) is 11.8 Å². The summed E-state index contributed by atoms with van der Waals surface area (Å²) in [6, 6.07) is 16.3. The maximum absolute atomic E-state index is 12.3. The zero-order chi connectivity index (χ0) is 24.3. The molecule has 2 N–H and O–H groups in total. The second-order valence-corrected chi connectivity index (χ2v) is 10.8. The van der Waals surface area contributed by atoms with Crippen LogP contribution in [0, 0.1) is 11.8 Å². The molecule has 0 saturated heterocycles. The second kappa shape index (κ2) is 13.5. The van der Waals surface area contributed by atoms with Crippen LogP contribution in [-0.4, -0.2) is 11.8 Å². The lowest BCUT2D eigenvalue weighted by Gasteiger charge is -2.21. The minimum absolute atomic E-state index is 0.125. The van der Waals surface area contributed by atoms with Gasteiger partial charge in [0.2, 0.25) is 11.8 Å². The lowest BCUT2D eigenvalue weighted by molar-refractivity contribution is -0.117. The lowest BCUT2D eigenvalue weighted by Crippen LogP contribution is -2.15. The third-order valence-corrected chi connectivity index (χ3v) is 7.89. The highest BCUT2D eigenvalue weighted by molar-refractivity contribution is 5.91. The molecule has 4 nitrogen and oxygen atoms in total. The number of carbonyl (C=O) groups excluding carboxylic acids is 2. The predicted molar refractivity (Wildman–Crippen MR) is 145 cm³/mol. The molecular weight excluding hydrogens is 432 g/mol. The van der Waals surface area contributed by atoms with E-state index in [9.17, 15) is 9.59 Å². The summed E-state index contributed by atoms with van der Waals surface area (Å²) in [5.74, 6) is 1.72. The van der Waals surface area contributed by atoms with Crippen LogP contribution in [0.5, 0.6) is 0 Å². The Bertz CT molecular complexity index is 846. The summed E-state index contributed by atoms with van der Waals surface area (Å²) >= 11 is 0. The third-order valence-electron chi connectivity index (χ3n) is 7.89. The summed E-state index contributed by atoms with van der Waals surface area (Å²) in [4.78, 5) is 24.6. The van der Waals surface area contributed by atoms with Crippen LogP contribution < -0.4 is 10.6 Å². The SMILES string of the molecule is O=C(CCC1CCCCC1)Nc1ccc(Cc2ccc(NC(=O)CCC3CCCCC3)cc2)cc1. The summed E-state index contributed by atoms with van der Waals surface area (Å²) < 4.78 is 0. The minimum atomic E-state index is 0.125. The van der Waals surface area contributed by atoms with E-state index in [4.69, 9.17) is 0 Å². The maximum atomic E-state index is 12.3. The molecule has 35 heavy (non-hydrogen) atoms. The Kier molecular flexibility index (Phi) is 9.80. The van der Waals surface area contributed by atoms with Crippen LogP contribution in [0.4, 0.5) is 11.4 Å². The van der Waals surface area contributed by atoms with Crippen LogP contribution in [0.3, 0.4) is 0 Å². The standard InChI is InChI=1S/C31H42N2O2/c34-30(21-15-24-7-3-1-4-8-24)32-28-17-11-26(12-18-28)23-27-13-19-29(20-14-27)33-31(35)22-16-25-9-5-2-6-10-25/h11-14,17-20,24-25H,1-10,15-16,21-23H2,(H,32,34)(H,33,35). The van der Waals surface area contributed by atoms with Crippen molar-refractivity contribution in [2.75, 3.05) is 10.6 Å². The summed E-state index contributed by atoms with van der Waals surface area (Å²) in [7, 11) is 0. The van der Waals surface area contributed by atoms with Gasteiger partial charge in [-0.3, -0.25) is 9.59 Å². The highest BCUT2D eigenvalue weighted by Crippen LogP contribution is 2.28. The Morgan fingerprint density at radius 2 is 0.943 bits per heavy atom. The largest absolute Gasteiger partial charge is 0.326 e. The molecule has 2 aromatic rings. The molecule has 4 rings (SSSR count). The van der Waals surface area contributed by atoms with Gasteiger partial charge in [0, 0.05) is 24.2 Å². The fourth-order valence-corrected chi connectivity index (χ4v) is 5.72.